The van der Waals surface area contributed by atoms with Gasteiger partial charge in [-0.05, 0) is 31.4 Å². The second-order valence-corrected chi connectivity index (χ2v) is 4.87. The molecule has 19 heavy (non-hydrogen) atoms. The molecule has 104 valence electrons. The van der Waals surface area contributed by atoms with E-state index in [-0.39, 0.29) is 6.10 Å². The number of aliphatic hydroxyl groups excluding tert-OH is 1. The molecule has 0 aliphatic heterocycles. The molecule has 0 saturated carbocycles. The van der Waals surface area contributed by atoms with Crippen molar-refractivity contribution in [3.05, 3.63) is 35.9 Å². The van der Waals surface area contributed by atoms with Gasteiger partial charge in [0, 0.05) is 19.5 Å². The van der Waals surface area contributed by atoms with Gasteiger partial charge in [0.2, 0.25) is 0 Å². The van der Waals surface area contributed by atoms with E-state index in [0.29, 0.717) is 6.42 Å². The molecule has 0 radical (unpaired) electrons. The predicted octanol–water partition coefficient (Wildman–Crippen LogP) is 2.95. The Bertz CT molecular complexity index is 372. The zero-order chi connectivity index (χ0) is 13.9. The van der Waals surface area contributed by atoms with Crippen molar-refractivity contribution in [2.24, 2.45) is 0 Å². The summed E-state index contributed by atoms with van der Waals surface area (Å²) in [6.45, 7) is 4.69. The third-order valence-electron chi connectivity index (χ3n) is 3.26. The van der Waals surface area contributed by atoms with Gasteiger partial charge in [-0.25, -0.2) is 0 Å². The molecule has 1 aromatic carbocycles. The van der Waals surface area contributed by atoms with E-state index in [1.165, 1.54) is 5.56 Å². The van der Waals surface area contributed by atoms with Gasteiger partial charge in [0.25, 0.3) is 0 Å². The largest absolute Gasteiger partial charge is 0.393 e. The van der Waals surface area contributed by atoms with Crippen LogP contribution in [0.5, 0.6) is 0 Å². The molecule has 0 unspecified atom stereocenters. The number of hydrogen-bond donors (Lipinski definition) is 1. The van der Waals surface area contributed by atoms with Gasteiger partial charge in [-0.2, -0.15) is 5.26 Å². The summed E-state index contributed by atoms with van der Waals surface area (Å²) in [6, 6.07) is 12.5. The standard InChI is InChI=1S/C16H24N2O/c1-2-16(19)10-13-18(12-7-6-11-17)14-15-8-4-3-5-9-15/h3-5,8-9,16,19H,2,6-7,10,12-14H2,1H3/t16-/m0/s1. The van der Waals surface area contributed by atoms with E-state index >= 15 is 0 Å². The maximum absolute atomic E-state index is 9.67. The lowest BCUT2D eigenvalue weighted by Gasteiger charge is -2.23. The quantitative estimate of drug-likeness (QED) is 0.694. The summed E-state index contributed by atoms with van der Waals surface area (Å²) in [7, 11) is 0. The normalized spacial score (nSPS) is 12.3. The number of nitriles is 1. The zero-order valence-corrected chi connectivity index (χ0v) is 11.8. The lowest BCUT2D eigenvalue weighted by Crippen LogP contribution is -2.28. The van der Waals surface area contributed by atoms with E-state index < -0.39 is 0 Å². The van der Waals surface area contributed by atoms with Crippen LogP contribution in [0.3, 0.4) is 0 Å². The Kier molecular flexibility index (Phi) is 7.88. The number of hydrogen-bond acceptors (Lipinski definition) is 3. The van der Waals surface area contributed by atoms with Crippen molar-refractivity contribution in [2.75, 3.05) is 13.1 Å². The molecule has 0 amide bonds. The van der Waals surface area contributed by atoms with Crippen LogP contribution < -0.4 is 0 Å². The van der Waals surface area contributed by atoms with E-state index in [1.807, 2.05) is 25.1 Å². The summed E-state index contributed by atoms with van der Waals surface area (Å²) in [4.78, 5) is 2.32. The zero-order valence-electron chi connectivity index (χ0n) is 11.8. The van der Waals surface area contributed by atoms with E-state index in [0.717, 1.165) is 38.9 Å². The average molecular weight is 260 g/mol. The third-order valence-corrected chi connectivity index (χ3v) is 3.26. The van der Waals surface area contributed by atoms with Crippen molar-refractivity contribution in [3.63, 3.8) is 0 Å². The Morgan fingerprint density at radius 2 is 2.00 bits per heavy atom. The highest BCUT2D eigenvalue weighted by molar-refractivity contribution is 5.14. The number of unbranched alkanes of at least 4 members (excludes halogenated alkanes) is 1. The van der Waals surface area contributed by atoms with Gasteiger partial charge in [-0.15, -0.1) is 0 Å². The monoisotopic (exact) mass is 260 g/mol. The molecule has 1 rings (SSSR count). The molecule has 1 aromatic rings. The number of nitrogens with zero attached hydrogens (tertiary/aromatic N) is 2. The molecule has 0 fully saturated rings. The van der Waals surface area contributed by atoms with E-state index in [1.54, 1.807) is 0 Å². The molecule has 0 bridgehead atoms. The first-order valence-corrected chi connectivity index (χ1v) is 7.07. The van der Waals surface area contributed by atoms with Crippen molar-refractivity contribution in [1.29, 1.82) is 5.26 Å². The van der Waals surface area contributed by atoms with Crippen LogP contribution in [0, 0.1) is 11.3 Å². The summed E-state index contributed by atoms with van der Waals surface area (Å²) in [5, 5.41) is 18.3. The van der Waals surface area contributed by atoms with Crippen molar-refractivity contribution in [2.45, 2.75) is 45.3 Å². The molecule has 0 aliphatic carbocycles. The van der Waals surface area contributed by atoms with E-state index in [2.05, 4.69) is 23.1 Å². The number of benzene rings is 1. The average Bonchev–Trinajstić information content (AvgIpc) is 2.45. The van der Waals surface area contributed by atoms with Gasteiger partial charge < -0.3 is 5.11 Å². The first kappa shape index (κ1) is 15.7. The highest BCUT2D eigenvalue weighted by atomic mass is 16.3. The summed E-state index contributed by atoms with van der Waals surface area (Å²) in [5.74, 6) is 0. The van der Waals surface area contributed by atoms with Gasteiger partial charge in [0.1, 0.15) is 0 Å². The first-order valence-electron chi connectivity index (χ1n) is 7.07. The lowest BCUT2D eigenvalue weighted by atomic mass is 10.1. The van der Waals surface area contributed by atoms with E-state index in [4.69, 9.17) is 5.26 Å². The highest BCUT2D eigenvalue weighted by Gasteiger charge is 2.08. The van der Waals surface area contributed by atoms with Gasteiger partial charge in [-0.3, -0.25) is 4.90 Å². The minimum atomic E-state index is -0.214. The Balaban J connectivity index is 2.46. The van der Waals surface area contributed by atoms with Crippen molar-refractivity contribution < 1.29 is 5.11 Å². The van der Waals surface area contributed by atoms with Gasteiger partial charge in [0.05, 0.1) is 12.2 Å². The van der Waals surface area contributed by atoms with Crippen LogP contribution in [0.25, 0.3) is 0 Å². The summed E-state index contributed by atoms with van der Waals surface area (Å²) < 4.78 is 0. The fourth-order valence-corrected chi connectivity index (χ4v) is 2.03. The highest BCUT2D eigenvalue weighted by Crippen LogP contribution is 2.08. The molecule has 0 aliphatic rings. The molecule has 3 nitrogen and oxygen atoms in total. The third kappa shape index (κ3) is 6.95. The Labute approximate surface area is 116 Å². The smallest absolute Gasteiger partial charge is 0.0622 e. The van der Waals surface area contributed by atoms with Crippen LogP contribution in [-0.2, 0) is 6.54 Å². The summed E-state index contributed by atoms with van der Waals surface area (Å²) >= 11 is 0. The van der Waals surface area contributed by atoms with Crippen LogP contribution in [0.2, 0.25) is 0 Å². The fraction of sp³-hybridized carbons (Fsp3) is 0.562. The number of rotatable bonds is 9. The molecule has 0 aromatic heterocycles. The molecule has 3 heteroatoms. The molecular weight excluding hydrogens is 236 g/mol. The van der Waals surface area contributed by atoms with E-state index in [9.17, 15) is 5.11 Å². The first-order chi connectivity index (χ1) is 9.26. The van der Waals surface area contributed by atoms with Crippen LogP contribution in [0.15, 0.2) is 30.3 Å². The van der Waals surface area contributed by atoms with Gasteiger partial charge >= 0.3 is 0 Å². The Hall–Kier alpha value is -1.37. The van der Waals surface area contributed by atoms with Crippen molar-refractivity contribution in [3.8, 4) is 6.07 Å². The molecule has 0 heterocycles. The molecular formula is C16H24N2O. The van der Waals surface area contributed by atoms with Crippen LogP contribution in [0.4, 0.5) is 0 Å². The Morgan fingerprint density at radius 1 is 1.26 bits per heavy atom. The minimum Gasteiger partial charge on any atom is -0.393 e. The van der Waals surface area contributed by atoms with Crippen LogP contribution in [0.1, 0.15) is 38.2 Å². The molecule has 0 saturated heterocycles. The van der Waals surface area contributed by atoms with Crippen molar-refractivity contribution >= 4 is 0 Å². The minimum absolute atomic E-state index is 0.214. The van der Waals surface area contributed by atoms with Crippen molar-refractivity contribution in [1.82, 2.24) is 4.90 Å². The lowest BCUT2D eigenvalue weighted by molar-refractivity contribution is 0.134. The second kappa shape index (κ2) is 9.55. The van der Waals surface area contributed by atoms with Gasteiger partial charge in [-0.1, -0.05) is 37.3 Å². The fourth-order valence-electron chi connectivity index (χ4n) is 2.03. The van der Waals surface area contributed by atoms with Crippen LogP contribution in [-0.4, -0.2) is 29.2 Å². The molecule has 0 spiro atoms. The Morgan fingerprint density at radius 3 is 2.63 bits per heavy atom. The topological polar surface area (TPSA) is 47.3 Å². The van der Waals surface area contributed by atoms with Crippen LogP contribution >= 0.6 is 0 Å². The summed E-state index contributed by atoms with van der Waals surface area (Å²) in [5.41, 5.74) is 1.28. The SMILES string of the molecule is CC[C@H](O)CCN(CCCC#N)Cc1ccccc1. The van der Waals surface area contributed by atoms with Gasteiger partial charge in [0.15, 0.2) is 0 Å². The second-order valence-electron chi connectivity index (χ2n) is 4.87. The molecule has 1 atom stereocenters. The number of aliphatic hydroxyl groups is 1. The predicted molar refractivity (Wildman–Crippen MR) is 77.5 cm³/mol. The maximum atomic E-state index is 9.67. The summed E-state index contributed by atoms with van der Waals surface area (Å²) in [6.07, 6.45) is 2.88. The molecule has 1 N–H and O–H groups in total. The maximum Gasteiger partial charge on any atom is 0.0622 e.